The number of Topliss-reactive ketones (excluding diaryl/α,β-unsaturated/α-hetero) is 1. The van der Waals surface area contributed by atoms with Crippen LogP contribution in [-0.2, 0) is 0 Å². The fourth-order valence-electron chi connectivity index (χ4n) is 3.80. The van der Waals surface area contributed by atoms with Gasteiger partial charge in [-0.2, -0.15) is 0 Å². The first-order valence-corrected chi connectivity index (χ1v) is 11.1. The van der Waals surface area contributed by atoms with E-state index < -0.39 is 0 Å². The van der Waals surface area contributed by atoms with E-state index in [1.165, 1.54) is 12.1 Å². The fourth-order valence-corrected chi connectivity index (χ4v) is 3.80. The van der Waals surface area contributed by atoms with Crippen LogP contribution in [0, 0.1) is 11.7 Å². The number of hydrogen-bond acceptors (Lipinski definition) is 3. The SMILES string of the molecule is CC(C)C[C@@H](C(=O)c1ccc(OCCN(C)C)cc1)c1ccccc1-c1ccc(F)cc1. The molecule has 3 rings (SSSR count). The van der Waals surface area contributed by atoms with E-state index in [9.17, 15) is 9.18 Å². The maximum Gasteiger partial charge on any atom is 0.170 e. The van der Waals surface area contributed by atoms with E-state index in [1.54, 1.807) is 12.1 Å². The van der Waals surface area contributed by atoms with Crippen molar-refractivity contribution in [1.82, 2.24) is 4.90 Å². The predicted molar refractivity (Wildman–Crippen MR) is 129 cm³/mol. The van der Waals surface area contributed by atoms with Gasteiger partial charge < -0.3 is 9.64 Å². The van der Waals surface area contributed by atoms with Gasteiger partial charge in [0.1, 0.15) is 18.2 Å². The first-order valence-electron chi connectivity index (χ1n) is 11.1. The maximum atomic E-state index is 13.6. The van der Waals surface area contributed by atoms with E-state index in [0.29, 0.717) is 18.1 Å². The summed E-state index contributed by atoms with van der Waals surface area (Å²) in [5.74, 6) is 0.646. The van der Waals surface area contributed by atoms with Crippen molar-refractivity contribution < 1.29 is 13.9 Å². The fraction of sp³-hybridized carbons (Fsp3) is 0.321. The van der Waals surface area contributed by atoms with Crippen molar-refractivity contribution in [3.05, 3.63) is 89.7 Å². The third-order valence-electron chi connectivity index (χ3n) is 5.46. The molecule has 3 aromatic rings. The number of benzene rings is 3. The van der Waals surface area contributed by atoms with Crippen LogP contribution in [0.2, 0.25) is 0 Å². The molecular weight excluding hydrogens is 401 g/mol. The second-order valence-corrected chi connectivity index (χ2v) is 8.82. The van der Waals surface area contributed by atoms with E-state index in [0.717, 1.165) is 35.4 Å². The molecule has 0 N–H and O–H groups in total. The lowest BCUT2D eigenvalue weighted by atomic mass is 9.81. The van der Waals surface area contributed by atoms with Gasteiger partial charge in [-0.25, -0.2) is 4.39 Å². The minimum atomic E-state index is -0.281. The molecule has 1 atom stereocenters. The van der Waals surface area contributed by atoms with Gasteiger partial charge in [0.15, 0.2) is 5.78 Å². The van der Waals surface area contributed by atoms with Crippen LogP contribution in [-0.4, -0.2) is 37.9 Å². The molecule has 4 heteroatoms. The molecule has 3 nitrogen and oxygen atoms in total. The number of carbonyl (C=O) groups excluding carboxylic acids is 1. The highest BCUT2D eigenvalue weighted by Crippen LogP contribution is 2.35. The van der Waals surface area contributed by atoms with Gasteiger partial charge in [-0.3, -0.25) is 4.79 Å². The molecule has 0 amide bonds. The normalized spacial score (nSPS) is 12.2. The molecule has 0 unspecified atom stereocenters. The molecule has 0 saturated carbocycles. The number of halogens is 1. The number of carbonyl (C=O) groups is 1. The Hall–Kier alpha value is -2.98. The highest BCUT2D eigenvalue weighted by molar-refractivity contribution is 6.02. The molecule has 3 aromatic carbocycles. The Morgan fingerprint density at radius 3 is 2.22 bits per heavy atom. The highest BCUT2D eigenvalue weighted by Gasteiger charge is 2.25. The first kappa shape index (κ1) is 23.7. The summed E-state index contributed by atoms with van der Waals surface area (Å²) in [6.07, 6.45) is 0.734. The lowest BCUT2D eigenvalue weighted by Gasteiger charge is -2.22. The third-order valence-corrected chi connectivity index (χ3v) is 5.46. The van der Waals surface area contributed by atoms with Crippen LogP contribution in [0.5, 0.6) is 5.75 Å². The lowest BCUT2D eigenvalue weighted by molar-refractivity contribution is 0.0949. The van der Waals surface area contributed by atoms with Gasteiger partial charge in [0, 0.05) is 18.0 Å². The van der Waals surface area contributed by atoms with E-state index >= 15 is 0 Å². The smallest absolute Gasteiger partial charge is 0.170 e. The molecule has 0 saturated heterocycles. The largest absolute Gasteiger partial charge is 0.492 e. The lowest BCUT2D eigenvalue weighted by Crippen LogP contribution is -2.19. The number of hydrogen-bond donors (Lipinski definition) is 0. The zero-order valence-corrected chi connectivity index (χ0v) is 19.3. The Balaban J connectivity index is 1.89. The molecule has 0 radical (unpaired) electrons. The Labute approximate surface area is 190 Å². The Morgan fingerprint density at radius 1 is 0.938 bits per heavy atom. The van der Waals surface area contributed by atoms with Crippen molar-refractivity contribution in [2.45, 2.75) is 26.2 Å². The van der Waals surface area contributed by atoms with Crippen molar-refractivity contribution in [3.63, 3.8) is 0 Å². The van der Waals surface area contributed by atoms with Crippen molar-refractivity contribution in [3.8, 4) is 16.9 Å². The summed E-state index contributed by atoms with van der Waals surface area (Å²) in [5, 5.41) is 0. The Morgan fingerprint density at radius 2 is 1.59 bits per heavy atom. The van der Waals surface area contributed by atoms with Gasteiger partial charge in [0.2, 0.25) is 0 Å². The van der Waals surface area contributed by atoms with Gasteiger partial charge >= 0.3 is 0 Å². The van der Waals surface area contributed by atoms with Gasteiger partial charge in [-0.15, -0.1) is 0 Å². The van der Waals surface area contributed by atoms with Crippen molar-refractivity contribution in [1.29, 1.82) is 0 Å². The van der Waals surface area contributed by atoms with Crippen molar-refractivity contribution in [2.75, 3.05) is 27.2 Å². The summed E-state index contributed by atoms with van der Waals surface area (Å²) in [6.45, 7) is 5.68. The van der Waals surface area contributed by atoms with Gasteiger partial charge in [0.25, 0.3) is 0 Å². The maximum absolute atomic E-state index is 13.6. The molecule has 0 fully saturated rings. The summed E-state index contributed by atoms with van der Waals surface area (Å²) in [5.41, 5.74) is 3.52. The van der Waals surface area contributed by atoms with Crippen LogP contribution >= 0.6 is 0 Å². The topological polar surface area (TPSA) is 29.5 Å². The third kappa shape index (κ3) is 6.27. The molecule has 168 valence electrons. The summed E-state index contributed by atoms with van der Waals surface area (Å²) in [4.78, 5) is 15.7. The summed E-state index contributed by atoms with van der Waals surface area (Å²) in [7, 11) is 4.01. The minimum Gasteiger partial charge on any atom is -0.492 e. The number of nitrogens with zero attached hydrogens (tertiary/aromatic N) is 1. The number of rotatable bonds is 10. The summed E-state index contributed by atoms with van der Waals surface area (Å²) >= 11 is 0. The average molecular weight is 434 g/mol. The van der Waals surface area contributed by atoms with Crippen LogP contribution in [0.1, 0.15) is 42.1 Å². The first-order chi connectivity index (χ1) is 15.3. The van der Waals surface area contributed by atoms with E-state index in [2.05, 4.69) is 18.7 Å². The van der Waals surface area contributed by atoms with Crippen LogP contribution < -0.4 is 4.74 Å². The van der Waals surface area contributed by atoms with E-state index in [4.69, 9.17) is 4.74 Å². The predicted octanol–water partition coefficient (Wildman–Crippen LogP) is 6.45. The average Bonchev–Trinajstić information content (AvgIpc) is 2.78. The Bertz CT molecular complexity index is 1010. The van der Waals surface area contributed by atoms with Crippen molar-refractivity contribution >= 4 is 5.78 Å². The molecular formula is C28H32FNO2. The van der Waals surface area contributed by atoms with E-state index in [-0.39, 0.29) is 17.5 Å². The molecule has 0 spiro atoms. The van der Waals surface area contributed by atoms with E-state index in [1.807, 2.05) is 62.6 Å². The number of ether oxygens (including phenoxy) is 1. The standard InChI is InChI=1S/C28H32FNO2/c1-20(2)19-27(26-8-6-5-7-25(26)21-9-13-23(29)14-10-21)28(31)22-11-15-24(16-12-22)32-18-17-30(3)4/h5-16,20,27H,17-19H2,1-4H3/t27-/m1/s1. The van der Waals surface area contributed by atoms with Gasteiger partial charge in [-0.1, -0.05) is 50.2 Å². The van der Waals surface area contributed by atoms with Crippen molar-refractivity contribution in [2.24, 2.45) is 5.92 Å². The highest BCUT2D eigenvalue weighted by atomic mass is 19.1. The second kappa shape index (κ2) is 11.1. The van der Waals surface area contributed by atoms with Crippen LogP contribution in [0.25, 0.3) is 11.1 Å². The molecule has 0 aromatic heterocycles. The zero-order valence-electron chi connectivity index (χ0n) is 19.3. The molecule has 0 aliphatic rings. The molecule has 0 aliphatic carbocycles. The Kier molecular flexibility index (Phi) is 8.18. The molecule has 0 heterocycles. The molecule has 0 bridgehead atoms. The summed E-state index contributed by atoms with van der Waals surface area (Å²) < 4.78 is 19.2. The zero-order chi connectivity index (χ0) is 23.1. The monoisotopic (exact) mass is 433 g/mol. The molecule has 0 aliphatic heterocycles. The van der Waals surface area contributed by atoms with Gasteiger partial charge in [0.05, 0.1) is 0 Å². The van der Waals surface area contributed by atoms with Crippen LogP contribution in [0.15, 0.2) is 72.8 Å². The number of ketones is 1. The second-order valence-electron chi connectivity index (χ2n) is 8.82. The van der Waals surface area contributed by atoms with Gasteiger partial charge in [-0.05, 0) is 79.5 Å². The van der Waals surface area contributed by atoms with Crippen LogP contribution in [0.4, 0.5) is 4.39 Å². The quantitative estimate of drug-likeness (QED) is 0.344. The summed E-state index contributed by atoms with van der Waals surface area (Å²) in [6, 6.07) is 21.8. The molecule has 32 heavy (non-hydrogen) atoms. The van der Waals surface area contributed by atoms with Crippen LogP contribution in [0.3, 0.4) is 0 Å². The number of likely N-dealkylation sites (N-methyl/N-ethyl adjacent to an activating group) is 1. The minimum absolute atomic E-state index is 0.0908.